The maximum Gasteiger partial charge on any atom is 0.303 e. The summed E-state index contributed by atoms with van der Waals surface area (Å²) in [5.74, 6) is -2.11. The Morgan fingerprint density at radius 2 is 1.78 bits per heavy atom. The van der Waals surface area contributed by atoms with E-state index >= 15 is 0 Å². The Balaban J connectivity index is 2.45. The van der Waals surface area contributed by atoms with Crippen molar-refractivity contribution in [3.8, 4) is 0 Å². The average molecular weight is 315 g/mol. The summed E-state index contributed by atoms with van der Waals surface area (Å²) in [4.78, 5) is 33.0. The van der Waals surface area contributed by atoms with Gasteiger partial charge in [0.05, 0.1) is 12.0 Å². The zero-order valence-electron chi connectivity index (χ0n) is 9.27. The molecule has 0 aliphatic heterocycles. The molecule has 0 unspecified atom stereocenters. The number of aliphatic carboxylic acids is 1. The first-order chi connectivity index (χ1) is 8.50. The number of rotatable bonds is 4. The van der Waals surface area contributed by atoms with Gasteiger partial charge in [0.1, 0.15) is 0 Å². The number of benzene rings is 1. The number of hydrogen-bond donors (Lipinski definition) is 3. The van der Waals surface area contributed by atoms with Crippen LogP contribution in [0.5, 0.6) is 0 Å². The lowest BCUT2D eigenvalue weighted by Gasteiger charge is -2.07. The van der Waals surface area contributed by atoms with Gasteiger partial charge in [-0.2, -0.15) is 0 Å². The quantitative estimate of drug-likeness (QED) is 0.724. The van der Waals surface area contributed by atoms with Crippen LogP contribution in [0.4, 0.5) is 0 Å². The molecule has 0 saturated heterocycles. The fraction of sp³-hybridized carbons (Fsp3) is 0.182. The number of hydrogen-bond acceptors (Lipinski definition) is 3. The van der Waals surface area contributed by atoms with Gasteiger partial charge in [-0.1, -0.05) is 12.1 Å². The molecule has 1 aromatic rings. The van der Waals surface area contributed by atoms with Gasteiger partial charge >= 0.3 is 5.97 Å². The smallest absolute Gasteiger partial charge is 0.303 e. The number of nitrogens with one attached hydrogen (secondary N) is 2. The average Bonchev–Trinajstić information content (AvgIpc) is 2.34. The highest BCUT2D eigenvalue weighted by atomic mass is 79.9. The van der Waals surface area contributed by atoms with Gasteiger partial charge in [-0.05, 0) is 28.1 Å². The first kappa shape index (κ1) is 14.2. The molecule has 7 heteroatoms. The van der Waals surface area contributed by atoms with Crippen molar-refractivity contribution in [2.75, 3.05) is 0 Å². The summed E-state index contributed by atoms with van der Waals surface area (Å²) in [5.41, 5.74) is 4.71. The second-order valence-corrected chi connectivity index (χ2v) is 4.23. The molecule has 0 spiro atoms. The maximum absolute atomic E-state index is 11.6. The molecule has 0 atom stereocenters. The molecule has 0 saturated carbocycles. The maximum atomic E-state index is 11.6. The summed E-state index contributed by atoms with van der Waals surface area (Å²) in [6.07, 6.45) is -0.470. The SMILES string of the molecule is O=C(O)CCC(=O)NNC(=O)c1ccccc1Br. The third-order valence-electron chi connectivity index (χ3n) is 2.00. The monoisotopic (exact) mass is 314 g/mol. The van der Waals surface area contributed by atoms with Crippen molar-refractivity contribution in [1.82, 2.24) is 10.9 Å². The van der Waals surface area contributed by atoms with E-state index in [0.29, 0.717) is 10.0 Å². The highest BCUT2D eigenvalue weighted by molar-refractivity contribution is 9.10. The topological polar surface area (TPSA) is 95.5 Å². The van der Waals surface area contributed by atoms with Crippen LogP contribution in [0.3, 0.4) is 0 Å². The molecule has 0 aromatic heterocycles. The molecule has 96 valence electrons. The molecule has 1 aromatic carbocycles. The van der Waals surface area contributed by atoms with Crippen LogP contribution < -0.4 is 10.9 Å². The highest BCUT2D eigenvalue weighted by Gasteiger charge is 2.10. The lowest BCUT2D eigenvalue weighted by Crippen LogP contribution is -2.41. The second-order valence-electron chi connectivity index (χ2n) is 3.38. The van der Waals surface area contributed by atoms with E-state index in [1.807, 2.05) is 0 Å². The molecule has 0 radical (unpaired) electrons. The Bertz CT molecular complexity index is 476. The lowest BCUT2D eigenvalue weighted by atomic mass is 10.2. The summed E-state index contributed by atoms with van der Waals surface area (Å²) in [5, 5.41) is 8.38. The summed E-state index contributed by atoms with van der Waals surface area (Å²) >= 11 is 3.20. The van der Waals surface area contributed by atoms with E-state index in [2.05, 4.69) is 26.8 Å². The van der Waals surface area contributed by atoms with Gasteiger partial charge in [0.2, 0.25) is 5.91 Å². The van der Waals surface area contributed by atoms with Gasteiger partial charge in [0, 0.05) is 10.9 Å². The minimum Gasteiger partial charge on any atom is -0.481 e. The first-order valence-electron chi connectivity index (χ1n) is 5.06. The molecule has 18 heavy (non-hydrogen) atoms. The van der Waals surface area contributed by atoms with Crippen molar-refractivity contribution >= 4 is 33.7 Å². The van der Waals surface area contributed by atoms with Crippen LogP contribution in [0.15, 0.2) is 28.7 Å². The number of halogens is 1. The molecule has 0 aliphatic rings. The number of carbonyl (C=O) groups is 3. The zero-order valence-corrected chi connectivity index (χ0v) is 10.9. The minimum atomic E-state index is -1.07. The summed E-state index contributed by atoms with van der Waals surface area (Å²) in [6.45, 7) is 0. The molecule has 0 heterocycles. The predicted octanol–water partition coefficient (Wildman–Crippen LogP) is 1.07. The Morgan fingerprint density at radius 1 is 1.11 bits per heavy atom. The molecular formula is C11H11BrN2O4. The van der Waals surface area contributed by atoms with Gasteiger partial charge in [0.25, 0.3) is 5.91 Å². The molecular weight excluding hydrogens is 304 g/mol. The van der Waals surface area contributed by atoms with Crippen LogP contribution in [-0.2, 0) is 9.59 Å². The summed E-state index contributed by atoms with van der Waals surface area (Å²) in [7, 11) is 0. The molecule has 0 bridgehead atoms. The molecule has 1 rings (SSSR count). The third kappa shape index (κ3) is 4.54. The van der Waals surface area contributed by atoms with Crippen molar-refractivity contribution in [3.05, 3.63) is 34.3 Å². The van der Waals surface area contributed by atoms with Crippen LogP contribution in [0.2, 0.25) is 0 Å². The predicted molar refractivity (Wildman–Crippen MR) is 66.6 cm³/mol. The zero-order chi connectivity index (χ0) is 13.5. The number of carbonyl (C=O) groups excluding carboxylic acids is 2. The normalized spacial score (nSPS) is 9.61. The molecule has 3 N–H and O–H groups in total. The third-order valence-corrected chi connectivity index (χ3v) is 2.69. The summed E-state index contributed by atoms with van der Waals surface area (Å²) in [6, 6.07) is 6.72. The van der Waals surface area contributed by atoms with Crippen LogP contribution in [0, 0.1) is 0 Å². The van der Waals surface area contributed by atoms with E-state index in [0.717, 1.165) is 0 Å². The molecule has 2 amide bonds. The van der Waals surface area contributed by atoms with E-state index in [-0.39, 0.29) is 12.8 Å². The Labute approximate surface area is 111 Å². The van der Waals surface area contributed by atoms with Crippen LogP contribution in [0.1, 0.15) is 23.2 Å². The largest absolute Gasteiger partial charge is 0.481 e. The standard InChI is InChI=1S/C11H11BrN2O4/c12-8-4-2-1-3-7(8)11(18)14-13-9(15)5-6-10(16)17/h1-4H,5-6H2,(H,13,15)(H,14,18)(H,16,17). The molecule has 6 nitrogen and oxygen atoms in total. The van der Waals surface area contributed by atoms with Crippen LogP contribution in [0.25, 0.3) is 0 Å². The number of carboxylic acid groups (broad SMARTS) is 1. The number of amides is 2. The Morgan fingerprint density at radius 3 is 2.39 bits per heavy atom. The van der Waals surface area contributed by atoms with E-state index in [1.165, 1.54) is 0 Å². The van der Waals surface area contributed by atoms with Crippen molar-refractivity contribution in [3.63, 3.8) is 0 Å². The molecule has 0 aliphatic carbocycles. The van der Waals surface area contributed by atoms with Gasteiger partial charge < -0.3 is 5.11 Å². The minimum absolute atomic E-state index is 0.189. The van der Waals surface area contributed by atoms with Crippen LogP contribution >= 0.6 is 15.9 Å². The molecule has 0 fully saturated rings. The van der Waals surface area contributed by atoms with Crippen LogP contribution in [-0.4, -0.2) is 22.9 Å². The fourth-order valence-electron chi connectivity index (χ4n) is 1.12. The fourth-order valence-corrected chi connectivity index (χ4v) is 1.59. The Hall–Kier alpha value is -1.89. The van der Waals surface area contributed by atoms with E-state index in [9.17, 15) is 14.4 Å². The van der Waals surface area contributed by atoms with Crippen molar-refractivity contribution in [2.24, 2.45) is 0 Å². The van der Waals surface area contributed by atoms with Gasteiger partial charge in [-0.15, -0.1) is 0 Å². The van der Waals surface area contributed by atoms with E-state index < -0.39 is 17.8 Å². The summed E-state index contributed by atoms with van der Waals surface area (Å²) < 4.78 is 0.599. The van der Waals surface area contributed by atoms with Crippen molar-refractivity contribution < 1.29 is 19.5 Å². The van der Waals surface area contributed by atoms with Gasteiger partial charge in [0.15, 0.2) is 0 Å². The number of carboxylic acids is 1. The highest BCUT2D eigenvalue weighted by Crippen LogP contribution is 2.15. The van der Waals surface area contributed by atoms with Crippen molar-refractivity contribution in [1.29, 1.82) is 0 Å². The second kappa shape index (κ2) is 6.75. The Kier molecular flexibility index (Phi) is 5.31. The van der Waals surface area contributed by atoms with Gasteiger partial charge in [-0.25, -0.2) is 0 Å². The lowest BCUT2D eigenvalue weighted by molar-refractivity contribution is -0.138. The first-order valence-corrected chi connectivity index (χ1v) is 5.85. The van der Waals surface area contributed by atoms with Gasteiger partial charge in [-0.3, -0.25) is 25.2 Å². The van der Waals surface area contributed by atoms with Crippen molar-refractivity contribution in [2.45, 2.75) is 12.8 Å². The van der Waals surface area contributed by atoms with E-state index in [4.69, 9.17) is 5.11 Å². The van der Waals surface area contributed by atoms with E-state index in [1.54, 1.807) is 24.3 Å². The number of hydrazine groups is 1.